The van der Waals surface area contributed by atoms with Gasteiger partial charge >= 0.3 is 0 Å². The second-order valence-corrected chi connectivity index (χ2v) is 11.8. The van der Waals surface area contributed by atoms with E-state index >= 15 is 0 Å². The van der Waals surface area contributed by atoms with Crippen LogP contribution in [0, 0.1) is 5.92 Å². The van der Waals surface area contributed by atoms with Crippen molar-refractivity contribution in [2.75, 3.05) is 0 Å². The highest BCUT2D eigenvalue weighted by molar-refractivity contribution is 7.10. The molecule has 1 atom stereocenters. The zero-order chi connectivity index (χ0) is 26.4. The Hall–Kier alpha value is -2.97. The third-order valence-corrected chi connectivity index (χ3v) is 8.34. The maximum atomic E-state index is 13.3. The molecule has 0 saturated heterocycles. The number of imidazole rings is 1. The Morgan fingerprint density at radius 1 is 1.00 bits per heavy atom. The second-order valence-electron chi connectivity index (χ2n) is 9.78. The molecule has 0 fully saturated rings. The monoisotopic (exact) mass is 536 g/mol. The van der Waals surface area contributed by atoms with E-state index in [9.17, 15) is 9.59 Å². The summed E-state index contributed by atoms with van der Waals surface area (Å²) in [5.41, 5.74) is 2.38. The van der Waals surface area contributed by atoms with E-state index in [1.807, 2.05) is 35.7 Å². The molecule has 4 aromatic rings. The molecule has 8 heteroatoms. The van der Waals surface area contributed by atoms with Gasteiger partial charge in [0.1, 0.15) is 11.9 Å². The smallest absolute Gasteiger partial charge is 0.252 e. The summed E-state index contributed by atoms with van der Waals surface area (Å²) in [6.45, 7) is 8.98. The summed E-state index contributed by atoms with van der Waals surface area (Å²) in [5.74, 6) is 0.869. The van der Waals surface area contributed by atoms with E-state index < -0.39 is 6.04 Å². The summed E-state index contributed by atoms with van der Waals surface area (Å²) in [5, 5.41) is 10.0. The molecule has 0 radical (unpaired) electrons. The minimum atomic E-state index is -0.598. The summed E-state index contributed by atoms with van der Waals surface area (Å²) < 4.78 is 2.34. The topological polar surface area (TPSA) is 76.0 Å². The van der Waals surface area contributed by atoms with Crippen molar-refractivity contribution < 1.29 is 9.59 Å². The van der Waals surface area contributed by atoms with Crippen LogP contribution in [0.15, 0.2) is 53.2 Å². The number of rotatable bonds is 12. The molecule has 6 nitrogen and oxygen atoms in total. The number of benzene rings is 1. The van der Waals surface area contributed by atoms with Gasteiger partial charge in [0.25, 0.3) is 5.91 Å². The Morgan fingerprint density at radius 2 is 1.70 bits per heavy atom. The van der Waals surface area contributed by atoms with Crippen LogP contribution in [0.4, 0.5) is 0 Å². The van der Waals surface area contributed by atoms with Gasteiger partial charge in [-0.1, -0.05) is 39.8 Å². The fraction of sp³-hybridized carbons (Fsp3) is 0.414. The molecule has 4 rings (SSSR count). The van der Waals surface area contributed by atoms with Crippen LogP contribution >= 0.6 is 22.7 Å². The summed E-state index contributed by atoms with van der Waals surface area (Å²) in [6, 6.07) is 13.6. The Labute approximate surface area is 227 Å². The maximum Gasteiger partial charge on any atom is 0.252 e. The molecule has 1 unspecified atom stereocenters. The van der Waals surface area contributed by atoms with E-state index in [4.69, 9.17) is 4.98 Å². The van der Waals surface area contributed by atoms with Crippen LogP contribution in [0.5, 0.6) is 0 Å². The van der Waals surface area contributed by atoms with Gasteiger partial charge < -0.3 is 15.2 Å². The van der Waals surface area contributed by atoms with Crippen molar-refractivity contribution in [2.45, 2.75) is 72.0 Å². The molecule has 2 amide bonds. The van der Waals surface area contributed by atoms with Gasteiger partial charge in [-0.15, -0.1) is 22.7 Å². The largest absolute Gasteiger partial charge is 0.349 e. The number of nitrogens with one attached hydrogen (secondary N) is 2. The molecule has 37 heavy (non-hydrogen) atoms. The van der Waals surface area contributed by atoms with Gasteiger partial charge in [-0.25, -0.2) is 4.98 Å². The summed E-state index contributed by atoms with van der Waals surface area (Å²) in [4.78, 5) is 33.6. The fourth-order valence-electron chi connectivity index (χ4n) is 4.70. The van der Waals surface area contributed by atoms with Gasteiger partial charge in [0, 0.05) is 27.8 Å². The van der Waals surface area contributed by atoms with Crippen LogP contribution in [-0.4, -0.2) is 27.4 Å². The van der Waals surface area contributed by atoms with Crippen LogP contribution in [-0.2, 0) is 17.8 Å². The first-order chi connectivity index (χ1) is 17.9. The van der Waals surface area contributed by atoms with Crippen molar-refractivity contribution in [1.82, 2.24) is 20.2 Å². The van der Waals surface area contributed by atoms with Crippen LogP contribution < -0.4 is 10.6 Å². The van der Waals surface area contributed by atoms with E-state index in [-0.39, 0.29) is 17.7 Å². The predicted molar refractivity (Wildman–Crippen MR) is 153 cm³/mol. The maximum absolute atomic E-state index is 13.3. The van der Waals surface area contributed by atoms with Crippen molar-refractivity contribution in [2.24, 2.45) is 5.92 Å². The fourth-order valence-corrected chi connectivity index (χ4v) is 6.05. The van der Waals surface area contributed by atoms with E-state index in [0.717, 1.165) is 41.0 Å². The van der Waals surface area contributed by atoms with Gasteiger partial charge in [0.2, 0.25) is 5.91 Å². The number of amides is 2. The van der Waals surface area contributed by atoms with Gasteiger partial charge in [-0.2, -0.15) is 0 Å². The number of fused-ring (bicyclic) bond motifs is 1. The summed E-state index contributed by atoms with van der Waals surface area (Å²) in [7, 11) is 0. The SMILES string of the molecule is CCC(CC)n1c(Cc2cccs2)nc2cc(C(=O)NC(CC(C)C)C(=O)NCc3cccs3)ccc21. The molecular weight excluding hydrogens is 500 g/mol. The highest BCUT2D eigenvalue weighted by atomic mass is 32.1. The van der Waals surface area contributed by atoms with Crippen LogP contribution in [0.3, 0.4) is 0 Å². The molecule has 196 valence electrons. The minimum absolute atomic E-state index is 0.159. The van der Waals surface area contributed by atoms with Gasteiger partial charge in [0.15, 0.2) is 0 Å². The molecule has 0 saturated carbocycles. The van der Waals surface area contributed by atoms with Crippen molar-refractivity contribution >= 4 is 45.5 Å². The molecule has 0 aliphatic carbocycles. The first-order valence-corrected chi connectivity index (χ1v) is 14.8. The van der Waals surface area contributed by atoms with E-state index in [1.165, 1.54) is 4.88 Å². The lowest BCUT2D eigenvalue weighted by Gasteiger charge is -2.20. The Morgan fingerprint density at radius 3 is 2.32 bits per heavy atom. The molecule has 0 aliphatic heterocycles. The van der Waals surface area contributed by atoms with Gasteiger partial charge in [-0.3, -0.25) is 9.59 Å². The summed E-state index contributed by atoms with van der Waals surface area (Å²) in [6.07, 6.45) is 3.36. The Balaban J connectivity index is 1.57. The number of carbonyl (C=O) groups excluding carboxylic acids is 2. The second kappa shape index (κ2) is 12.5. The standard InChI is InChI=1S/C29H36N4O2S2/c1-5-21(6-2)33-26-12-11-20(16-24(26)31-27(33)17-22-9-7-13-36-22)28(34)32-25(15-19(3)4)29(35)30-18-23-10-8-14-37-23/h7-14,16,19,21,25H,5-6,15,17-18H2,1-4H3,(H,30,35)(H,32,34). The average molecular weight is 537 g/mol. The average Bonchev–Trinajstić information content (AvgIpc) is 3.65. The number of aromatic nitrogens is 2. The highest BCUT2D eigenvalue weighted by Gasteiger charge is 2.24. The van der Waals surface area contributed by atoms with Gasteiger partial charge in [-0.05, 0) is 66.3 Å². The summed E-state index contributed by atoms with van der Waals surface area (Å²) >= 11 is 3.33. The van der Waals surface area contributed by atoms with E-state index in [2.05, 4.69) is 60.4 Å². The Bertz CT molecular complexity index is 1310. The lowest BCUT2D eigenvalue weighted by atomic mass is 10.0. The molecule has 2 N–H and O–H groups in total. The molecular formula is C29H36N4O2S2. The first-order valence-electron chi connectivity index (χ1n) is 13.0. The van der Waals surface area contributed by atoms with Crippen LogP contribution in [0.25, 0.3) is 11.0 Å². The molecule has 3 heterocycles. The number of hydrogen-bond donors (Lipinski definition) is 2. The molecule has 3 aromatic heterocycles. The Kier molecular flexibility index (Phi) is 9.16. The molecule has 1 aromatic carbocycles. The van der Waals surface area contributed by atoms with E-state index in [0.29, 0.717) is 24.6 Å². The number of thiophene rings is 2. The number of hydrogen-bond acceptors (Lipinski definition) is 5. The lowest BCUT2D eigenvalue weighted by Crippen LogP contribution is -2.47. The quantitative estimate of drug-likeness (QED) is 0.215. The van der Waals surface area contributed by atoms with Crippen LogP contribution in [0.2, 0.25) is 0 Å². The molecule has 0 spiro atoms. The number of carbonyl (C=O) groups is 2. The van der Waals surface area contributed by atoms with Crippen molar-refractivity contribution in [1.29, 1.82) is 0 Å². The van der Waals surface area contributed by atoms with Crippen LogP contribution in [0.1, 0.15) is 78.9 Å². The van der Waals surface area contributed by atoms with Gasteiger partial charge in [0.05, 0.1) is 17.6 Å². The third kappa shape index (κ3) is 6.67. The predicted octanol–water partition coefficient (Wildman–Crippen LogP) is 6.57. The first kappa shape index (κ1) is 27.1. The molecule has 0 bridgehead atoms. The minimum Gasteiger partial charge on any atom is -0.349 e. The normalized spacial score (nSPS) is 12.4. The zero-order valence-corrected chi connectivity index (χ0v) is 23.6. The van der Waals surface area contributed by atoms with Crippen molar-refractivity contribution in [3.8, 4) is 0 Å². The highest BCUT2D eigenvalue weighted by Crippen LogP contribution is 2.28. The third-order valence-electron chi connectivity index (χ3n) is 6.59. The number of nitrogens with zero attached hydrogens (tertiary/aromatic N) is 2. The van der Waals surface area contributed by atoms with E-state index in [1.54, 1.807) is 22.7 Å². The molecule has 0 aliphatic rings. The lowest BCUT2D eigenvalue weighted by molar-refractivity contribution is -0.123. The zero-order valence-electron chi connectivity index (χ0n) is 22.0. The van der Waals surface area contributed by atoms with Crippen molar-refractivity contribution in [3.63, 3.8) is 0 Å². The van der Waals surface area contributed by atoms with Crippen molar-refractivity contribution in [3.05, 3.63) is 74.4 Å².